The van der Waals surface area contributed by atoms with Gasteiger partial charge in [0, 0.05) is 67.5 Å². The molecule has 93 heavy (non-hydrogen) atoms. The molecule has 6 unspecified atom stereocenters. The van der Waals surface area contributed by atoms with Crippen LogP contribution in [0.5, 0.6) is 0 Å². The van der Waals surface area contributed by atoms with Gasteiger partial charge >= 0.3 is 0 Å². The molecule has 0 N–H and O–H groups in total. The lowest BCUT2D eigenvalue weighted by atomic mass is 9.33. The highest BCUT2D eigenvalue weighted by molar-refractivity contribution is 7.00. The first kappa shape index (κ1) is 55.6. The van der Waals surface area contributed by atoms with Crippen molar-refractivity contribution >= 4 is 100 Å². The van der Waals surface area contributed by atoms with Crippen molar-refractivity contribution in [3.05, 3.63) is 259 Å². The molecule has 11 aromatic rings. The molecule has 2 aromatic heterocycles. The van der Waals surface area contributed by atoms with E-state index in [-0.39, 0.29) is 18.8 Å². The second-order valence-electron chi connectivity index (χ2n) is 28.5. The molecule has 8 aliphatic rings. The van der Waals surface area contributed by atoms with Gasteiger partial charge in [-0.15, -0.1) is 0 Å². The summed E-state index contributed by atoms with van der Waals surface area (Å²) in [4.78, 5) is 6.11. The van der Waals surface area contributed by atoms with Gasteiger partial charge in [-0.25, -0.2) is 0 Å². The third-order valence-electron chi connectivity index (χ3n) is 23.7. The van der Waals surface area contributed by atoms with Crippen LogP contribution in [0.4, 0.5) is 22.7 Å². The van der Waals surface area contributed by atoms with Crippen molar-refractivity contribution < 1.29 is 0 Å². The lowest BCUT2D eigenvalue weighted by molar-refractivity contribution is 0.391. The van der Waals surface area contributed by atoms with E-state index in [1.807, 2.05) is 0 Å². The maximum atomic E-state index is 3.06. The first-order valence-corrected chi connectivity index (χ1v) is 35.8. The molecule has 456 valence electrons. The number of para-hydroxylation sites is 4. The third kappa shape index (κ3) is 8.98. The zero-order valence-electron chi connectivity index (χ0n) is 53.6. The van der Waals surface area contributed by atoms with Crippen LogP contribution < -0.4 is 26.2 Å². The predicted octanol–water partition coefficient (Wildman–Crippen LogP) is 21.2. The van der Waals surface area contributed by atoms with Crippen LogP contribution in [0.1, 0.15) is 116 Å². The first-order chi connectivity index (χ1) is 46.2. The van der Waals surface area contributed by atoms with E-state index in [1.54, 1.807) is 22.3 Å². The van der Waals surface area contributed by atoms with E-state index < -0.39 is 0 Å². The van der Waals surface area contributed by atoms with Crippen LogP contribution in [0.3, 0.4) is 0 Å². The Kier molecular flexibility index (Phi) is 13.7. The molecule has 5 heteroatoms. The molecule has 0 bridgehead atoms. The van der Waals surface area contributed by atoms with Crippen LogP contribution in [0.15, 0.2) is 259 Å². The minimum Gasteiger partial charge on any atom is -0.334 e. The fraction of sp³-hybridized carbons (Fsp3) is 0.273. The summed E-state index contributed by atoms with van der Waals surface area (Å²) in [6.45, 7) is -0.0459. The smallest absolute Gasteiger partial charge is 0.252 e. The SMILES string of the molecule is C1=CCC(C2=CCCC(C3=CCCCC3)C2N2c3cc(-n4c5ccccc5c5ccccc54)ccc3B3c4ccc(-n5c6ccccc6c6ccccc65)cc4N(C4C(C5CC=CCC5)=CCCC4C4=CCCCC4)c4cc(-c5cccc6ccccc56)cc2c43)CC1. The normalized spacial score (nSPS) is 22.8. The Labute approximate surface area is 548 Å². The van der Waals surface area contributed by atoms with Crippen molar-refractivity contribution in [2.45, 2.75) is 128 Å². The minimum atomic E-state index is -0.0459. The van der Waals surface area contributed by atoms with Crippen LogP contribution in [-0.2, 0) is 0 Å². The molecule has 0 spiro atoms. The summed E-state index contributed by atoms with van der Waals surface area (Å²) in [6, 6.07) is 74.2. The average molecular weight is 1210 g/mol. The second kappa shape index (κ2) is 22.9. The maximum absolute atomic E-state index is 3.06. The molecule has 4 heterocycles. The number of rotatable bonds is 9. The Morgan fingerprint density at radius 1 is 0.355 bits per heavy atom. The third-order valence-corrected chi connectivity index (χ3v) is 23.7. The van der Waals surface area contributed by atoms with Gasteiger partial charge < -0.3 is 18.9 Å². The van der Waals surface area contributed by atoms with Crippen LogP contribution in [0.2, 0.25) is 0 Å². The lowest BCUT2D eigenvalue weighted by Gasteiger charge is -2.53. The van der Waals surface area contributed by atoms with Gasteiger partial charge in [-0.3, -0.25) is 0 Å². The Hall–Kier alpha value is -9.06. The molecular weight excluding hydrogens is 1120 g/mol. The number of fused-ring (bicyclic) bond motifs is 11. The van der Waals surface area contributed by atoms with Crippen molar-refractivity contribution in [1.29, 1.82) is 0 Å². The molecule has 0 saturated heterocycles. The fourth-order valence-corrected chi connectivity index (χ4v) is 19.7. The quantitative estimate of drug-likeness (QED) is 0.106. The van der Waals surface area contributed by atoms with Gasteiger partial charge in [-0.1, -0.05) is 187 Å². The van der Waals surface area contributed by atoms with Crippen molar-refractivity contribution in [3.63, 3.8) is 0 Å². The zero-order valence-corrected chi connectivity index (χ0v) is 53.6. The average Bonchev–Trinajstić information content (AvgIpc) is 1.11. The number of nitrogens with zero attached hydrogens (tertiary/aromatic N) is 4. The monoisotopic (exact) mass is 1200 g/mol. The molecule has 4 nitrogen and oxygen atoms in total. The van der Waals surface area contributed by atoms with Crippen LogP contribution in [0, 0.1) is 23.7 Å². The summed E-state index contributed by atoms with van der Waals surface area (Å²) in [5.74, 6) is 1.72. The van der Waals surface area contributed by atoms with Gasteiger partial charge in [0.05, 0.1) is 34.2 Å². The molecule has 0 fully saturated rings. The Balaban J connectivity index is 0.957. The molecule has 9 aromatic carbocycles. The topological polar surface area (TPSA) is 16.3 Å². The van der Waals surface area contributed by atoms with Crippen molar-refractivity contribution in [3.8, 4) is 22.5 Å². The van der Waals surface area contributed by atoms with Gasteiger partial charge in [-0.05, 0) is 238 Å². The molecule has 6 aliphatic carbocycles. The lowest BCUT2D eigenvalue weighted by Crippen LogP contribution is -2.65. The summed E-state index contributed by atoms with van der Waals surface area (Å²) in [6.07, 6.45) is 42.3. The zero-order chi connectivity index (χ0) is 61.1. The van der Waals surface area contributed by atoms with E-state index in [9.17, 15) is 0 Å². The number of anilines is 4. The summed E-state index contributed by atoms with van der Waals surface area (Å²) in [5, 5.41) is 7.79. The van der Waals surface area contributed by atoms with Gasteiger partial charge in [0.15, 0.2) is 0 Å². The minimum absolute atomic E-state index is 0.0459. The van der Waals surface area contributed by atoms with E-state index in [1.165, 1.54) is 193 Å². The highest BCUT2D eigenvalue weighted by Gasteiger charge is 2.51. The molecule has 19 rings (SSSR count). The standard InChI is InChI=1S/C88H81BN4/c1-5-26-59(27-6-1)68-42-24-43-69(60-28-7-2-8-29-60)87(68)92-82-56-64(90-78-46-19-15-37-72(78)73-38-16-20-47-79(73)90)50-52-76(82)89-77-53-51-65(91-80-48-21-17-39-74(80)75-40-18-22-49-81(75)91)57-83(77)93(85-55-63(54-84(92)86(85)89)67-41-23-35-58-34-13-14-36-66(58)67)88-70(61-30-9-3-10-31-61)44-25-45-71(88)62-32-11-4-12-33-62/h1,3,5,9,13-23,28,32,34-42,44,46-57,59,61,69,71,87-88H,2,4,6-8,10-12,24-27,29-31,33,43,45H2. The number of aromatic nitrogens is 2. The number of benzene rings is 9. The Morgan fingerprint density at radius 2 is 0.806 bits per heavy atom. The second-order valence-corrected chi connectivity index (χ2v) is 28.5. The van der Waals surface area contributed by atoms with Crippen LogP contribution >= 0.6 is 0 Å². The van der Waals surface area contributed by atoms with Gasteiger partial charge in [-0.2, -0.15) is 0 Å². The van der Waals surface area contributed by atoms with Gasteiger partial charge in [0.2, 0.25) is 0 Å². The van der Waals surface area contributed by atoms with Crippen LogP contribution in [0.25, 0.3) is 76.9 Å². The summed E-state index contributed by atoms with van der Waals surface area (Å²) >= 11 is 0. The molecule has 0 radical (unpaired) electrons. The molecule has 0 saturated carbocycles. The predicted molar refractivity (Wildman–Crippen MR) is 395 cm³/mol. The first-order valence-electron chi connectivity index (χ1n) is 35.8. The number of hydrogen-bond acceptors (Lipinski definition) is 2. The molecule has 6 atom stereocenters. The molecule has 2 aliphatic heterocycles. The highest BCUT2D eigenvalue weighted by Crippen LogP contribution is 2.54. The van der Waals surface area contributed by atoms with Crippen LogP contribution in [-0.4, -0.2) is 27.9 Å². The highest BCUT2D eigenvalue weighted by atomic mass is 15.2. The van der Waals surface area contributed by atoms with E-state index >= 15 is 0 Å². The maximum Gasteiger partial charge on any atom is 0.252 e. The number of allylic oxidation sites excluding steroid dienone is 8. The van der Waals surface area contributed by atoms with Gasteiger partial charge in [0.1, 0.15) is 0 Å². The largest absolute Gasteiger partial charge is 0.334 e. The van der Waals surface area contributed by atoms with E-state index in [4.69, 9.17) is 0 Å². The van der Waals surface area contributed by atoms with Crippen molar-refractivity contribution in [2.75, 3.05) is 9.80 Å². The summed E-state index contributed by atoms with van der Waals surface area (Å²) < 4.78 is 5.18. The molecular formula is C88H81BN4. The number of hydrogen-bond donors (Lipinski definition) is 0. The fourth-order valence-electron chi connectivity index (χ4n) is 19.7. The Bertz CT molecular complexity index is 4650. The summed E-state index contributed by atoms with van der Waals surface area (Å²) in [7, 11) is 0. The van der Waals surface area contributed by atoms with Crippen molar-refractivity contribution in [1.82, 2.24) is 9.13 Å². The molecule has 0 amide bonds. The summed E-state index contributed by atoms with van der Waals surface area (Å²) in [5.41, 5.74) is 26.7. The van der Waals surface area contributed by atoms with E-state index in [0.29, 0.717) is 23.7 Å². The van der Waals surface area contributed by atoms with E-state index in [2.05, 4.69) is 256 Å². The van der Waals surface area contributed by atoms with Crippen molar-refractivity contribution in [2.24, 2.45) is 23.7 Å². The van der Waals surface area contributed by atoms with E-state index in [0.717, 1.165) is 38.5 Å². The Morgan fingerprint density at radius 3 is 1.26 bits per heavy atom. The van der Waals surface area contributed by atoms with Gasteiger partial charge in [0.25, 0.3) is 6.71 Å².